The summed E-state index contributed by atoms with van der Waals surface area (Å²) in [5.74, 6) is 1.06. The molecular formula is C22H36ClN5. The van der Waals surface area contributed by atoms with Crippen LogP contribution in [0.5, 0.6) is 0 Å². The molecule has 0 unspecified atom stereocenters. The maximum absolute atomic E-state index is 6.13. The topological polar surface area (TPSA) is 75.9 Å². The lowest BCUT2D eigenvalue weighted by molar-refractivity contribution is 0.608. The van der Waals surface area contributed by atoms with E-state index in [1.807, 2.05) is 6.08 Å². The molecule has 156 valence electrons. The maximum atomic E-state index is 6.13. The van der Waals surface area contributed by atoms with Crippen molar-refractivity contribution in [2.24, 2.45) is 5.73 Å². The molecule has 0 aliphatic heterocycles. The van der Waals surface area contributed by atoms with Crippen molar-refractivity contribution >= 4 is 23.4 Å². The standard InChI is InChI=1S/C22H36ClN5/c1-4-6-7-8-9-10-12-19(5-2)14-13-18(3)27-22-26-17-20(23)21(28-22)25-16-11-15-24/h5,13-14,17H,3-4,6-12,15-16,24H2,1-2H3,(H2,25,26,27,28)/b14-13-,19-5-. The van der Waals surface area contributed by atoms with Crippen LogP contribution in [-0.2, 0) is 0 Å². The van der Waals surface area contributed by atoms with Gasteiger partial charge in [-0.15, -0.1) is 0 Å². The van der Waals surface area contributed by atoms with Gasteiger partial charge in [0.15, 0.2) is 0 Å². The average Bonchev–Trinajstić information content (AvgIpc) is 2.69. The van der Waals surface area contributed by atoms with E-state index in [0.29, 0.717) is 23.3 Å². The predicted molar refractivity (Wildman–Crippen MR) is 123 cm³/mol. The summed E-state index contributed by atoms with van der Waals surface area (Å²) in [6.07, 6.45) is 17.6. The Labute approximate surface area is 175 Å². The quantitative estimate of drug-likeness (QED) is 0.244. The molecule has 1 rings (SSSR count). The first-order valence-corrected chi connectivity index (χ1v) is 10.7. The summed E-state index contributed by atoms with van der Waals surface area (Å²) >= 11 is 6.13. The van der Waals surface area contributed by atoms with Gasteiger partial charge < -0.3 is 16.4 Å². The molecule has 0 saturated heterocycles. The van der Waals surface area contributed by atoms with Crippen LogP contribution in [0.25, 0.3) is 0 Å². The minimum Gasteiger partial charge on any atom is -0.369 e. The molecule has 0 atom stereocenters. The van der Waals surface area contributed by atoms with Gasteiger partial charge in [-0.25, -0.2) is 4.98 Å². The summed E-state index contributed by atoms with van der Waals surface area (Å²) in [5, 5.41) is 6.77. The number of hydrogen-bond acceptors (Lipinski definition) is 5. The lowest BCUT2D eigenvalue weighted by Crippen LogP contribution is -2.11. The van der Waals surface area contributed by atoms with Crippen molar-refractivity contribution in [2.75, 3.05) is 23.7 Å². The number of hydrogen-bond donors (Lipinski definition) is 3. The summed E-state index contributed by atoms with van der Waals surface area (Å²) in [6, 6.07) is 0. The van der Waals surface area contributed by atoms with Crippen molar-refractivity contribution < 1.29 is 0 Å². The number of nitrogens with zero attached hydrogens (tertiary/aromatic N) is 2. The molecule has 1 aromatic heterocycles. The van der Waals surface area contributed by atoms with Crippen LogP contribution < -0.4 is 16.4 Å². The Bertz CT molecular complexity index is 640. The van der Waals surface area contributed by atoms with Crippen molar-refractivity contribution in [3.05, 3.63) is 47.3 Å². The zero-order valence-corrected chi connectivity index (χ0v) is 18.2. The number of allylic oxidation sites excluding steroid dienone is 4. The number of nitrogens with two attached hydrogens (primary N) is 1. The van der Waals surface area contributed by atoms with Crippen LogP contribution in [0.3, 0.4) is 0 Å². The van der Waals surface area contributed by atoms with E-state index >= 15 is 0 Å². The van der Waals surface area contributed by atoms with Gasteiger partial charge >= 0.3 is 0 Å². The largest absolute Gasteiger partial charge is 0.369 e. The molecule has 28 heavy (non-hydrogen) atoms. The fourth-order valence-electron chi connectivity index (χ4n) is 2.69. The Morgan fingerprint density at radius 3 is 2.64 bits per heavy atom. The lowest BCUT2D eigenvalue weighted by Gasteiger charge is -2.10. The van der Waals surface area contributed by atoms with Crippen molar-refractivity contribution in [1.82, 2.24) is 9.97 Å². The highest BCUT2D eigenvalue weighted by Gasteiger charge is 2.05. The summed E-state index contributed by atoms with van der Waals surface area (Å²) in [4.78, 5) is 8.61. The molecule has 6 heteroatoms. The Balaban J connectivity index is 2.47. The van der Waals surface area contributed by atoms with Crippen LogP contribution in [0.2, 0.25) is 5.02 Å². The molecule has 0 aliphatic rings. The Kier molecular flexibility index (Phi) is 13.1. The van der Waals surface area contributed by atoms with E-state index in [4.69, 9.17) is 17.3 Å². The number of unbranched alkanes of at least 4 members (excludes halogenated alkanes) is 5. The van der Waals surface area contributed by atoms with E-state index < -0.39 is 0 Å². The van der Waals surface area contributed by atoms with E-state index in [0.717, 1.165) is 25.1 Å². The Morgan fingerprint density at radius 2 is 1.93 bits per heavy atom. The van der Waals surface area contributed by atoms with Gasteiger partial charge in [0.05, 0.1) is 6.20 Å². The van der Waals surface area contributed by atoms with Crippen LogP contribution in [0, 0.1) is 0 Å². The van der Waals surface area contributed by atoms with Gasteiger partial charge in [-0.1, -0.05) is 74.9 Å². The second-order valence-electron chi connectivity index (χ2n) is 6.82. The zero-order valence-electron chi connectivity index (χ0n) is 17.4. The molecule has 0 amide bonds. The predicted octanol–water partition coefficient (Wildman–Crippen LogP) is 6.07. The minimum atomic E-state index is 0.465. The second-order valence-corrected chi connectivity index (χ2v) is 7.23. The SMILES string of the molecule is C=C(/C=C\C(=C/C)CCCCCCCC)Nc1ncc(Cl)c(NCCCN)n1. The highest BCUT2D eigenvalue weighted by atomic mass is 35.5. The van der Waals surface area contributed by atoms with Crippen LogP contribution in [0.15, 0.2) is 42.3 Å². The third-order valence-corrected chi connectivity index (χ3v) is 4.65. The fraction of sp³-hybridized carbons (Fsp3) is 0.545. The smallest absolute Gasteiger partial charge is 0.229 e. The van der Waals surface area contributed by atoms with Crippen LogP contribution >= 0.6 is 11.6 Å². The van der Waals surface area contributed by atoms with E-state index in [2.05, 4.69) is 53.2 Å². The maximum Gasteiger partial charge on any atom is 0.229 e. The summed E-state index contributed by atoms with van der Waals surface area (Å²) in [7, 11) is 0. The number of halogens is 1. The first-order chi connectivity index (χ1) is 13.6. The zero-order chi connectivity index (χ0) is 20.6. The Hall–Kier alpha value is -1.85. The van der Waals surface area contributed by atoms with Crippen molar-refractivity contribution in [3.63, 3.8) is 0 Å². The average molecular weight is 406 g/mol. The van der Waals surface area contributed by atoms with Gasteiger partial charge in [0.1, 0.15) is 10.8 Å². The molecular weight excluding hydrogens is 370 g/mol. The molecule has 0 spiro atoms. The molecule has 4 N–H and O–H groups in total. The van der Waals surface area contributed by atoms with Crippen LogP contribution in [0.1, 0.15) is 65.2 Å². The normalized spacial score (nSPS) is 11.8. The third-order valence-electron chi connectivity index (χ3n) is 4.38. The molecule has 0 fully saturated rings. The first-order valence-electron chi connectivity index (χ1n) is 10.4. The third kappa shape index (κ3) is 10.5. The molecule has 0 aromatic carbocycles. The fourth-order valence-corrected chi connectivity index (χ4v) is 2.84. The second kappa shape index (κ2) is 15.1. The summed E-state index contributed by atoms with van der Waals surface area (Å²) < 4.78 is 0. The van der Waals surface area contributed by atoms with Crippen molar-refractivity contribution in [2.45, 2.75) is 65.2 Å². The number of aromatic nitrogens is 2. The van der Waals surface area contributed by atoms with Crippen LogP contribution in [-0.4, -0.2) is 23.1 Å². The molecule has 0 saturated carbocycles. The van der Waals surface area contributed by atoms with E-state index in [1.54, 1.807) is 6.20 Å². The molecule has 0 bridgehead atoms. The monoisotopic (exact) mass is 405 g/mol. The number of rotatable bonds is 15. The number of nitrogens with one attached hydrogen (secondary N) is 2. The summed E-state index contributed by atoms with van der Waals surface area (Å²) in [5.41, 5.74) is 7.56. The lowest BCUT2D eigenvalue weighted by atomic mass is 10.0. The van der Waals surface area contributed by atoms with Crippen molar-refractivity contribution in [3.8, 4) is 0 Å². The van der Waals surface area contributed by atoms with E-state index in [-0.39, 0.29) is 0 Å². The molecule has 1 heterocycles. The van der Waals surface area contributed by atoms with E-state index in [9.17, 15) is 0 Å². The minimum absolute atomic E-state index is 0.465. The Morgan fingerprint density at radius 1 is 1.18 bits per heavy atom. The van der Waals surface area contributed by atoms with Crippen LogP contribution in [0.4, 0.5) is 11.8 Å². The molecule has 0 aliphatic carbocycles. The van der Waals surface area contributed by atoms with Gasteiger partial charge in [0, 0.05) is 12.2 Å². The summed E-state index contributed by atoms with van der Waals surface area (Å²) in [6.45, 7) is 9.70. The molecule has 1 aromatic rings. The number of anilines is 2. The van der Waals surface area contributed by atoms with Gasteiger partial charge in [0.25, 0.3) is 0 Å². The van der Waals surface area contributed by atoms with Crippen molar-refractivity contribution in [1.29, 1.82) is 0 Å². The van der Waals surface area contributed by atoms with Gasteiger partial charge in [-0.05, 0) is 38.8 Å². The van der Waals surface area contributed by atoms with Gasteiger partial charge in [-0.2, -0.15) is 4.98 Å². The van der Waals surface area contributed by atoms with E-state index in [1.165, 1.54) is 44.1 Å². The van der Waals surface area contributed by atoms with Gasteiger partial charge in [-0.3, -0.25) is 0 Å². The first kappa shape index (κ1) is 24.2. The highest BCUT2D eigenvalue weighted by Crippen LogP contribution is 2.20. The molecule has 0 radical (unpaired) electrons. The molecule has 5 nitrogen and oxygen atoms in total. The highest BCUT2D eigenvalue weighted by molar-refractivity contribution is 6.32. The van der Waals surface area contributed by atoms with Gasteiger partial charge in [0.2, 0.25) is 5.95 Å².